The second kappa shape index (κ2) is 8.38. The van der Waals surface area contributed by atoms with E-state index in [9.17, 15) is 0 Å². The van der Waals surface area contributed by atoms with Crippen molar-refractivity contribution in [2.75, 3.05) is 6.61 Å². The third-order valence-corrected chi connectivity index (χ3v) is 4.44. The van der Waals surface area contributed by atoms with Crippen LogP contribution in [0.4, 0.5) is 0 Å². The third-order valence-electron chi connectivity index (χ3n) is 4.44. The van der Waals surface area contributed by atoms with Crippen LogP contribution in [-0.2, 0) is 0 Å². The molecular weight excluding hydrogens is 256 g/mol. The minimum absolute atomic E-state index is 0.261. The highest BCUT2D eigenvalue weighted by Crippen LogP contribution is 2.40. The Bertz CT molecular complexity index is 446. The molecule has 1 rings (SSSR count). The molecule has 0 saturated carbocycles. The van der Waals surface area contributed by atoms with Crippen LogP contribution in [0.25, 0.3) is 0 Å². The van der Waals surface area contributed by atoms with Gasteiger partial charge in [0.05, 0.1) is 0 Å². The molecule has 21 heavy (non-hydrogen) atoms. The molecule has 1 unspecified atom stereocenters. The van der Waals surface area contributed by atoms with Crippen molar-refractivity contribution in [3.05, 3.63) is 47.1 Å². The van der Waals surface area contributed by atoms with Gasteiger partial charge in [0.25, 0.3) is 0 Å². The molecule has 0 heterocycles. The molecule has 0 aliphatic heterocycles. The van der Waals surface area contributed by atoms with Crippen LogP contribution in [0.5, 0.6) is 0 Å². The Morgan fingerprint density at radius 3 is 2.71 bits per heavy atom. The highest BCUT2D eigenvalue weighted by molar-refractivity contribution is 5.36. The van der Waals surface area contributed by atoms with Gasteiger partial charge in [-0.2, -0.15) is 0 Å². The minimum Gasteiger partial charge on any atom is -0.396 e. The van der Waals surface area contributed by atoms with Crippen molar-refractivity contribution in [3.63, 3.8) is 0 Å². The van der Waals surface area contributed by atoms with Crippen LogP contribution >= 0.6 is 0 Å². The summed E-state index contributed by atoms with van der Waals surface area (Å²) in [6.45, 7) is 11.5. The van der Waals surface area contributed by atoms with Gasteiger partial charge in [0.2, 0.25) is 0 Å². The molecule has 118 valence electrons. The summed E-state index contributed by atoms with van der Waals surface area (Å²) in [6, 6.07) is 0. The van der Waals surface area contributed by atoms with Crippen LogP contribution in [0.2, 0.25) is 0 Å². The van der Waals surface area contributed by atoms with Crippen molar-refractivity contribution in [2.45, 2.75) is 60.3 Å². The van der Waals surface area contributed by atoms with Gasteiger partial charge in [-0.15, -0.1) is 0 Å². The zero-order valence-corrected chi connectivity index (χ0v) is 14.4. The number of hydrogen-bond acceptors (Lipinski definition) is 1. The molecule has 1 aliphatic carbocycles. The molecule has 0 fully saturated rings. The van der Waals surface area contributed by atoms with E-state index >= 15 is 0 Å². The molecule has 0 spiro atoms. The maximum absolute atomic E-state index is 8.88. The van der Waals surface area contributed by atoms with Crippen molar-refractivity contribution in [2.24, 2.45) is 11.3 Å². The lowest BCUT2D eigenvalue weighted by molar-refractivity contribution is 0.274. The van der Waals surface area contributed by atoms with Gasteiger partial charge in [0, 0.05) is 6.61 Å². The van der Waals surface area contributed by atoms with Gasteiger partial charge in [-0.05, 0) is 56.4 Å². The second-order valence-corrected chi connectivity index (χ2v) is 7.05. The highest BCUT2D eigenvalue weighted by Gasteiger charge is 2.26. The number of hydrogen-bond donors (Lipinski definition) is 1. The maximum Gasteiger partial charge on any atom is 0.0436 e. The van der Waals surface area contributed by atoms with E-state index in [-0.39, 0.29) is 6.61 Å². The number of aliphatic hydroxyl groups is 1. The molecule has 1 aliphatic rings. The summed E-state index contributed by atoms with van der Waals surface area (Å²) < 4.78 is 0. The van der Waals surface area contributed by atoms with Crippen LogP contribution in [0.3, 0.4) is 0 Å². The molecule has 1 N–H and O–H groups in total. The first kappa shape index (κ1) is 18.0. The van der Waals surface area contributed by atoms with Gasteiger partial charge in [0.15, 0.2) is 0 Å². The summed E-state index contributed by atoms with van der Waals surface area (Å²) in [7, 11) is 0. The number of rotatable bonds is 6. The SMILES string of the molecule is CC1=C(/C=C/C(C)=C\C=C/C(C)CCO)C(C)(C)CCC1. The molecule has 0 radical (unpaired) electrons. The van der Waals surface area contributed by atoms with E-state index in [0.29, 0.717) is 11.3 Å². The van der Waals surface area contributed by atoms with E-state index in [1.165, 1.54) is 30.4 Å². The molecule has 1 nitrogen and oxygen atoms in total. The lowest BCUT2D eigenvalue weighted by Gasteiger charge is -2.32. The maximum atomic E-state index is 8.88. The number of aliphatic hydroxyl groups excluding tert-OH is 1. The zero-order valence-electron chi connectivity index (χ0n) is 14.4. The van der Waals surface area contributed by atoms with Gasteiger partial charge in [-0.1, -0.05) is 62.3 Å². The first-order valence-electron chi connectivity index (χ1n) is 8.21. The predicted octanol–water partition coefficient (Wildman–Crippen LogP) is 5.59. The van der Waals surface area contributed by atoms with Crippen molar-refractivity contribution >= 4 is 0 Å². The van der Waals surface area contributed by atoms with E-state index in [4.69, 9.17) is 5.11 Å². The van der Waals surface area contributed by atoms with Gasteiger partial charge in [-0.25, -0.2) is 0 Å². The summed E-state index contributed by atoms with van der Waals surface area (Å²) in [5.41, 5.74) is 4.63. The summed E-state index contributed by atoms with van der Waals surface area (Å²) in [5.74, 6) is 0.435. The van der Waals surface area contributed by atoms with Crippen LogP contribution in [-0.4, -0.2) is 11.7 Å². The van der Waals surface area contributed by atoms with E-state index in [2.05, 4.69) is 65.0 Å². The third kappa shape index (κ3) is 6.05. The molecule has 0 bridgehead atoms. The summed E-state index contributed by atoms with van der Waals surface area (Å²) in [6.07, 6.45) is 15.6. The van der Waals surface area contributed by atoms with E-state index in [1.807, 2.05) is 0 Å². The number of allylic oxidation sites excluding steroid dienone is 8. The molecule has 0 aromatic carbocycles. The summed E-state index contributed by atoms with van der Waals surface area (Å²) in [4.78, 5) is 0. The Hall–Kier alpha value is -1.08. The first-order chi connectivity index (χ1) is 9.86. The molecule has 0 aromatic heterocycles. The molecule has 0 saturated heterocycles. The highest BCUT2D eigenvalue weighted by atomic mass is 16.3. The summed E-state index contributed by atoms with van der Waals surface area (Å²) >= 11 is 0. The average Bonchev–Trinajstić information content (AvgIpc) is 2.37. The topological polar surface area (TPSA) is 20.2 Å². The van der Waals surface area contributed by atoms with Gasteiger partial charge in [-0.3, -0.25) is 0 Å². The largest absolute Gasteiger partial charge is 0.396 e. The molecule has 0 aromatic rings. The van der Waals surface area contributed by atoms with Crippen LogP contribution in [0, 0.1) is 11.3 Å². The zero-order chi connectivity index (χ0) is 15.9. The Labute approximate surface area is 131 Å². The smallest absolute Gasteiger partial charge is 0.0436 e. The second-order valence-electron chi connectivity index (χ2n) is 7.05. The van der Waals surface area contributed by atoms with Crippen molar-refractivity contribution in [1.82, 2.24) is 0 Å². The monoisotopic (exact) mass is 288 g/mol. The fourth-order valence-electron chi connectivity index (χ4n) is 2.98. The molecule has 1 heteroatoms. The normalized spacial score (nSPS) is 21.5. The minimum atomic E-state index is 0.261. The predicted molar refractivity (Wildman–Crippen MR) is 93.2 cm³/mol. The quantitative estimate of drug-likeness (QED) is 0.632. The van der Waals surface area contributed by atoms with E-state index in [1.54, 1.807) is 5.57 Å². The van der Waals surface area contributed by atoms with Crippen LogP contribution in [0.15, 0.2) is 47.1 Å². The standard InChI is InChI=1S/C20H32O/c1-16(8-6-9-17(2)13-15-21)11-12-19-18(3)10-7-14-20(19,4)5/h6,8-9,11-12,17,21H,7,10,13-15H2,1-5H3/b9-6-,12-11+,16-8-. The average molecular weight is 288 g/mol. The Kier molecular flexibility index (Phi) is 7.17. The molecule has 1 atom stereocenters. The Morgan fingerprint density at radius 2 is 2.10 bits per heavy atom. The van der Waals surface area contributed by atoms with Crippen LogP contribution in [0.1, 0.15) is 60.3 Å². The van der Waals surface area contributed by atoms with Gasteiger partial charge >= 0.3 is 0 Å². The Morgan fingerprint density at radius 1 is 1.38 bits per heavy atom. The van der Waals surface area contributed by atoms with Crippen molar-refractivity contribution in [3.8, 4) is 0 Å². The van der Waals surface area contributed by atoms with Gasteiger partial charge < -0.3 is 5.11 Å². The van der Waals surface area contributed by atoms with Crippen molar-refractivity contribution in [1.29, 1.82) is 0 Å². The lowest BCUT2D eigenvalue weighted by Crippen LogP contribution is -2.19. The van der Waals surface area contributed by atoms with Crippen molar-refractivity contribution < 1.29 is 5.11 Å². The summed E-state index contributed by atoms with van der Waals surface area (Å²) in [5, 5.41) is 8.88. The fourth-order valence-corrected chi connectivity index (χ4v) is 2.98. The lowest BCUT2D eigenvalue weighted by atomic mass is 9.72. The van der Waals surface area contributed by atoms with E-state index in [0.717, 1.165) is 6.42 Å². The van der Waals surface area contributed by atoms with Crippen LogP contribution < -0.4 is 0 Å². The van der Waals surface area contributed by atoms with Gasteiger partial charge in [0.1, 0.15) is 0 Å². The fraction of sp³-hybridized carbons (Fsp3) is 0.600. The first-order valence-corrected chi connectivity index (χ1v) is 8.21. The molecule has 0 amide bonds. The Balaban J connectivity index is 2.71. The molecular formula is C20H32O. The van der Waals surface area contributed by atoms with E-state index < -0.39 is 0 Å².